The van der Waals surface area contributed by atoms with Crippen LogP contribution in [0.4, 0.5) is 8.78 Å². The summed E-state index contributed by atoms with van der Waals surface area (Å²) in [6, 6.07) is 3.01. The zero-order chi connectivity index (χ0) is 11.5. The summed E-state index contributed by atoms with van der Waals surface area (Å²) >= 11 is 3.06. The highest BCUT2D eigenvalue weighted by Crippen LogP contribution is 2.54. The molecule has 1 N–H and O–H groups in total. The maximum Gasteiger partial charge on any atom is 0.251 e. The van der Waals surface area contributed by atoms with Crippen molar-refractivity contribution in [1.82, 2.24) is 5.32 Å². The number of carbonyl (C=O) groups excluding carboxylic acids is 1. The van der Waals surface area contributed by atoms with Crippen LogP contribution in [0.15, 0.2) is 16.6 Å². The zero-order valence-electron chi connectivity index (χ0n) is 8.19. The summed E-state index contributed by atoms with van der Waals surface area (Å²) in [5, 5.41) is 2.61. The second-order valence-electron chi connectivity index (χ2n) is 4.29. The Labute approximate surface area is 99.2 Å². The number of amides is 1. The van der Waals surface area contributed by atoms with Crippen molar-refractivity contribution in [2.45, 2.75) is 18.0 Å². The van der Waals surface area contributed by atoms with Crippen LogP contribution < -0.4 is 5.32 Å². The second kappa shape index (κ2) is 3.03. The molecule has 1 aliphatic heterocycles. The van der Waals surface area contributed by atoms with E-state index in [1.807, 2.05) is 0 Å². The van der Waals surface area contributed by atoms with Crippen molar-refractivity contribution in [1.29, 1.82) is 0 Å². The summed E-state index contributed by atoms with van der Waals surface area (Å²) in [6.07, 6.45) is -0.774. The second-order valence-corrected chi connectivity index (χ2v) is 5.15. The summed E-state index contributed by atoms with van der Waals surface area (Å²) in [5.74, 6) is -0.835. The quantitative estimate of drug-likeness (QED) is 0.780. The minimum absolute atomic E-state index is 0.188. The van der Waals surface area contributed by atoms with Gasteiger partial charge in [0.2, 0.25) is 0 Å². The topological polar surface area (TPSA) is 29.1 Å². The third-order valence-electron chi connectivity index (χ3n) is 3.38. The van der Waals surface area contributed by atoms with Crippen molar-refractivity contribution in [2.24, 2.45) is 0 Å². The van der Waals surface area contributed by atoms with Crippen LogP contribution in [0, 0.1) is 5.82 Å². The Kier molecular flexibility index (Phi) is 1.93. The van der Waals surface area contributed by atoms with E-state index in [1.54, 1.807) is 0 Å². The number of benzene rings is 1. The van der Waals surface area contributed by atoms with Crippen LogP contribution >= 0.6 is 15.9 Å². The van der Waals surface area contributed by atoms with Gasteiger partial charge in [-0.1, -0.05) is 0 Å². The molecule has 2 aliphatic rings. The maximum atomic E-state index is 14.0. The molecule has 1 spiro atoms. The number of hydrogen-bond acceptors (Lipinski definition) is 1. The molecular formula is C11H8BrF2NO. The Hall–Kier alpha value is -0.970. The van der Waals surface area contributed by atoms with Gasteiger partial charge in [-0.25, -0.2) is 8.78 Å². The average molecular weight is 288 g/mol. The number of alkyl halides is 1. The lowest BCUT2D eigenvalue weighted by Crippen LogP contribution is -2.41. The molecule has 1 heterocycles. The van der Waals surface area contributed by atoms with Crippen LogP contribution in [0.2, 0.25) is 0 Å². The van der Waals surface area contributed by atoms with Gasteiger partial charge >= 0.3 is 0 Å². The van der Waals surface area contributed by atoms with E-state index in [4.69, 9.17) is 0 Å². The average Bonchev–Trinajstić information content (AvgIpc) is 2.89. The largest absolute Gasteiger partial charge is 0.351 e. The molecule has 5 heteroatoms. The molecule has 0 radical (unpaired) electrons. The van der Waals surface area contributed by atoms with Crippen LogP contribution in [0.1, 0.15) is 22.3 Å². The van der Waals surface area contributed by atoms with Crippen LogP contribution in [-0.4, -0.2) is 18.6 Å². The molecule has 0 unspecified atom stereocenters. The fraction of sp³-hybridized carbons (Fsp3) is 0.364. The Balaban J connectivity index is 2.27. The van der Waals surface area contributed by atoms with Crippen LogP contribution in [-0.2, 0) is 5.41 Å². The van der Waals surface area contributed by atoms with Crippen LogP contribution in [0.5, 0.6) is 0 Å². The van der Waals surface area contributed by atoms with Crippen molar-refractivity contribution < 1.29 is 13.6 Å². The van der Waals surface area contributed by atoms with Gasteiger partial charge in [0.05, 0.1) is 9.89 Å². The predicted molar refractivity (Wildman–Crippen MR) is 57.6 cm³/mol. The van der Waals surface area contributed by atoms with E-state index in [2.05, 4.69) is 21.2 Å². The molecule has 0 saturated heterocycles. The van der Waals surface area contributed by atoms with Gasteiger partial charge < -0.3 is 5.32 Å². The molecule has 0 bridgehead atoms. The Morgan fingerprint density at radius 2 is 2.19 bits per heavy atom. The minimum Gasteiger partial charge on any atom is -0.351 e. The van der Waals surface area contributed by atoms with E-state index in [1.165, 1.54) is 12.1 Å². The van der Waals surface area contributed by atoms with Crippen molar-refractivity contribution in [3.05, 3.63) is 33.5 Å². The highest BCUT2D eigenvalue weighted by molar-refractivity contribution is 9.10. The molecule has 2 nitrogen and oxygen atoms in total. The molecule has 2 atom stereocenters. The molecule has 1 aromatic rings. The molecule has 1 aromatic carbocycles. The first-order valence-corrected chi connectivity index (χ1v) is 5.76. The molecular weight excluding hydrogens is 280 g/mol. The zero-order valence-corrected chi connectivity index (χ0v) is 9.77. The summed E-state index contributed by atoms with van der Waals surface area (Å²) in [7, 11) is 0. The van der Waals surface area contributed by atoms with E-state index in [0.29, 0.717) is 0 Å². The van der Waals surface area contributed by atoms with Crippen molar-refractivity contribution in [3.63, 3.8) is 0 Å². The number of hydrogen-bond donors (Lipinski definition) is 1. The van der Waals surface area contributed by atoms with Gasteiger partial charge in [0, 0.05) is 17.7 Å². The molecule has 3 rings (SSSR count). The van der Waals surface area contributed by atoms with Crippen LogP contribution in [0.3, 0.4) is 0 Å². The number of halogens is 3. The maximum absolute atomic E-state index is 14.0. The minimum atomic E-state index is -1.06. The first-order valence-electron chi connectivity index (χ1n) is 4.97. The molecule has 1 aliphatic carbocycles. The van der Waals surface area contributed by atoms with Gasteiger partial charge in [-0.3, -0.25) is 4.79 Å². The molecule has 0 aromatic heterocycles. The van der Waals surface area contributed by atoms with E-state index in [0.717, 1.165) is 0 Å². The lowest BCUT2D eigenvalue weighted by Gasteiger charge is -2.26. The first-order chi connectivity index (χ1) is 7.56. The van der Waals surface area contributed by atoms with Gasteiger partial charge in [0.25, 0.3) is 5.91 Å². The molecule has 1 amide bonds. The lowest BCUT2D eigenvalue weighted by molar-refractivity contribution is 0.0933. The predicted octanol–water partition coefficient (Wildman–Crippen LogP) is 2.31. The lowest BCUT2D eigenvalue weighted by atomic mass is 9.87. The first kappa shape index (κ1) is 10.2. The van der Waals surface area contributed by atoms with Gasteiger partial charge in [-0.15, -0.1) is 0 Å². The SMILES string of the molecule is O=C1NC[C@]2(C[C@H]2F)c2c1ccc(Br)c2F. The standard InChI is InChI=1S/C11H8BrF2NO/c12-6-2-1-5-8(9(6)14)11(3-7(11)13)4-15-10(5)16/h1-2,7H,3-4H2,(H,15,16)/t7-,11+/m1/s1. The highest BCUT2D eigenvalue weighted by Gasteiger charge is 2.60. The third-order valence-corrected chi connectivity index (χ3v) is 4.00. The van der Waals surface area contributed by atoms with Crippen LogP contribution in [0.25, 0.3) is 0 Å². The van der Waals surface area contributed by atoms with E-state index in [9.17, 15) is 13.6 Å². The van der Waals surface area contributed by atoms with E-state index in [-0.39, 0.29) is 34.5 Å². The molecule has 1 saturated carbocycles. The van der Waals surface area contributed by atoms with Gasteiger partial charge in [-0.05, 0) is 34.5 Å². The van der Waals surface area contributed by atoms with Crippen molar-refractivity contribution >= 4 is 21.8 Å². The molecule has 84 valence electrons. The summed E-state index contributed by atoms with van der Waals surface area (Å²) in [6.45, 7) is 0.188. The van der Waals surface area contributed by atoms with Gasteiger partial charge in [0.15, 0.2) is 0 Å². The molecule has 1 fully saturated rings. The Bertz CT molecular complexity index is 505. The number of carbonyl (C=O) groups is 1. The summed E-state index contributed by atoms with van der Waals surface area (Å²) in [4.78, 5) is 11.6. The Morgan fingerprint density at radius 3 is 2.81 bits per heavy atom. The highest BCUT2D eigenvalue weighted by atomic mass is 79.9. The fourth-order valence-electron chi connectivity index (χ4n) is 2.35. The van der Waals surface area contributed by atoms with Gasteiger partial charge in [0.1, 0.15) is 12.0 Å². The number of nitrogens with one attached hydrogen (secondary N) is 1. The van der Waals surface area contributed by atoms with E-state index >= 15 is 0 Å². The smallest absolute Gasteiger partial charge is 0.251 e. The number of rotatable bonds is 0. The molecule has 16 heavy (non-hydrogen) atoms. The summed E-state index contributed by atoms with van der Waals surface area (Å²) in [5.41, 5.74) is -0.331. The monoisotopic (exact) mass is 287 g/mol. The normalized spacial score (nSPS) is 31.2. The van der Waals surface area contributed by atoms with Gasteiger partial charge in [-0.2, -0.15) is 0 Å². The van der Waals surface area contributed by atoms with Crippen molar-refractivity contribution in [2.75, 3.05) is 6.54 Å². The Morgan fingerprint density at radius 1 is 1.50 bits per heavy atom. The van der Waals surface area contributed by atoms with E-state index < -0.39 is 17.4 Å². The third kappa shape index (κ3) is 1.12. The van der Waals surface area contributed by atoms with Crippen molar-refractivity contribution in [3.8, 4) is 0 Å². The fourth-order valence-corrected chi connectivity index (χ4v) is 2.68. The summed E-state index contributed by atoms with van der Waals surface area (Å²) < 4.78 is 27.7. The number of fused-ring (bicyclic) bond motifs is 2.